The standard InChI is InChI=1S/C12H16N2O3/c1-8-6-9(4-5-13-8)14-10(15)7-12(2,3)11(16)17/h4-6H,7H2,1-3H3,(H,16,17)(H,13,14,15). The molecular formula is C12H16N2O3. The summed E-state index contributed by atoms with van der Waals surface area (Å²) in [5.41, 5.74) is 0.357. The number of carbonyl (C=O) groups is 2. The molecule has 5 nitrogen and oxygen atoms in total. The molecule has 0 fully saturated rings. The quantitative estimate of drug-likeness (QED) is 0.835. The van der Waals surface area contributed by atoms with E-state index in [2.05, 4.69) is 10.3 Å². The Morgan fingerprint density at radius 3 is 2.65 bits per heavy atom. The van der Waals surface area contributed by atoms with Crippen molar-refractivity contribution in [3.05, 3.63) is 24.0 Å². The maximum atomic E-state index is 11.6. The van der Waals surface area contributed by atoms with Crippen LogP contribution < -0.4 is 5.32 Å². The lowest BCUT2D eigenvalue weighted by Crippen LogP contribution is -2.29. The number of carbonyl (C=O) groups excluding carboxylic acids is 1. The molecular weight excluding hydrogens is 220 g/mol. The van der Waals surface area contributed by atoms with Gasteiger partial charge < -0.3 is 10.4 Å². The first kappa shape index (κ1) is 13.2. The number of hydrogen-bond acceptors (Lipinski definition) is 3. The van der Waals surface area contributed by atoms with Gasteiger partial charge in [0.1, 0.15) is 0 Å². The molecule has 1 heterocycles. The summed E-state index contributed by atoms with van der Waals surface area (Å²) in [5.74, 6) is -1.30. The first-order valence-electron chi connectivity index (χ1n) is 5.27. The Balaban J connectivity index is 2.65. The zero-order valence-electron chi connectivity index (χ0n) is 10.2. The topological polar surface area (TPSA) is 79.3 Å². The van der Waals surface area contributed by atoms with Crippen LogP contribution in [0.1, 0.15) is 26.0 Å². The Labute approximate surface area is 99.9 Å². The van der Waals surface area contributed by atoms with Crippen LogP contribution in [-0.2, 0) is 9.59 Å². The molecule has 0 aromatic carbocycles. The SMILES string of the molecule is Cc1cc(NC(=O)CC(C)(C)C(=O)O)ccn1. The molecule has 0 saturated carbocycles. The average Bonchev–Trinajstić information content (AvgIpc) is 2.15. The largest absolute Gasteiger partial charge is 0.481 e. The summed E-state index contributed by atoms with van der Waals surface area (Å²) >= 11 is 0. The minimum atomic E-state index is -1.06. The summed E-state index contributed by atoms with van der Waals surface area (Å²) in [6.45, 7) is 4.86. The predicted molar refractivity (Wildman–Crippen MR) is 63.6 cm³/mol. The van der Waals surface area contributed by atoms with Gasteiger partial charge in [0, 0.05) is 24.0 Å². The zero-order valence-corrected chi connectivity index (χ0v) is 10.2. The molecule has 0 saturated heterocycles. The Bertz CT molecular complexity index is 441. The highest BCUT2D eigenvalue weighted by molar-refractivity contribution is 5.93. The molecule has 1 rings (SSSR count). The first-order valence-corrected chi connectivity index (χ1v) is 5.27. The summed E-state index contributed by atoms with van der Waals surface area (Å²) in [4.78, 5) is 26.5. The van der Waals surface area contributed by atoms with E-state index in [1.807, 2.05) is 6.92 Å². The van der Waals surface area contributed by atoms with Crippen LogP contribution in [0.25, 0.3) is 0 Å². The number of aromatic nitrogens is 1. The maximum Gasteiger partial charge on any atom is 0.309 e. The number of rotatable bonds is 4. The number of carboxylic acid groups (broad SMARTS) is 1. The molecule has 0 atom stereocenters. The number of anilines is 1. The maximum absolute atomic E-state index is 11.6. The summed E-state index contributed by atoms with van der Waals surface area (Å²) in [6, 6.07) is 3.39. The molecule has 0 spiro atoms. The van der Waals surface area contributed by atoms with Crippen LogP contribution in [0.2, 0.25) is 0 Å². The number of nitrogens with one attached hydrogen (secondary N) is 1. The van der Waals surface area contributed by atoms with Crippen molar-refractivity contribution in [2.24, 2.45) is 5.41 Å². The van der Waals surface area contributed by atoms with Gasteiger partial charge in [-0.3, -0.25) is 14.6 Å². The van der Waals surface area contributed by atoms with E-state index in [4.69, 9.17) is 5.11 Å². The van der Waals surface area contributed by atoms with Crippen LogP contribution in [0.5, 0.6) is 0 Å². The van der Waals surface area contributed by atoms with E-state index in [1.54, 1.807) is 18.3 Å². The lowest BCUT2D eigenvalue weighted by Gasteiger charge is -2.18. The van der Waals surface area contributed by atoms with Crippen molar-refractivity contribution >= 4 is 17.6 Å². The van der Waals surface area contributed by atoms with Gasteiger partial charge in [-0.05, 0) is 32.9 Å². The van der Waals surface area contributed by atoms with Crippen LogP contribution in [-0.4, -0.2) is 22.0 Å². The van der Waals surface area contributed by atoms with Crippen molar-refractivity contribution in [3.8, 4) is 0 Å². The second-order valence-corrected chi connectivity index (χ2v) is 4.60. The van der Waals surface area contributed by atoms with Crippen molar-refractivity contribution in [2.75, 3.05) is 5.32 Å². The summed E-state index contributed by atoms with van der Waals surface area (Å²) in [5, 5.41) is 11.6. The van der Waals surface area contributed by atoms with Gasteiger partial charge in [-0.2, -0.15) is 0 Å². The van der Waals surface area contributed by atoms with Gasteiger partial charge in [-0.1, -0.05) is 0 Å². The van der Waals surface area contributed by atoms with Gasteiger partial charge >= 0.3 is 5.97 Å². The summed E-state index contributed by atoms with van der Waals surface area (Å²) < 4.78 is 0. The zero-order chi connectivity index (χ0) is 13.1. The van der Waals surface area contributed by atoms with E-state index in [1.165, 1.54) is 13.8 Å². The Morgan fingerprint density at radius 1 is 1.47 bits per heavy atom. The minimum absolute atomic E-state index is 0.0658. The van der Waals surface area contributed by atoms with Crippen LogP contribution in [0.4, 0.5) is 5.69 Å². The average molecular weight is 236 g/mol. The van der Waals surface area contributed by atoms with Crippen molar-refractivity contribution in [2.45, 2.75) is 27.2 Å². The van der Waals surface area contributed by atoms with E-state index < -0.39 is 11.4 Å². The van der Waals surface area contributed by atoms with E-state index in [9.17, 15) is 9.59 Å². The van der Waals surface area contributed by atoms with Crippen molar-refractivity contribution in [1.29, 1.82) is 0 Å². The molecule has 0 bridgehead atoms. The van der Waals surface area contributed by atoms with Crippen LogP contribution in [0.15, 0.2) is 18.3 Å². The smallest absolute Gasteiger partial charge is 0.309 e. The van der Waals surface area contributed by atoms with Crippen molar-refractivity contribution in [3.63, 3.8) is 0 Å². The number of pyridine rings is 1. The van der Waals surface area contributed by atoms with Crippen LogP contribution >= 0.6 is 0 Å². The molecule has 0 aliphatic heterocycles. The number of aryl methyl sites for hydroxylation is 1. The predicted octanol–water partition coefficient (Wildman–Crippen LogP) is 1.83. The number of amides is 1. The van der Waals surface area contributed by atoms with Crippen molar-refractivity contribution in [1.82, 2.24) is 4.98 Å². The molecule has 1 aromatic heterocycles. The first-order chi connectivity index (χ1) is 7.81. The molecule has 0 unspecified atom stereocenters. The number of aliphatic carboxylic acids is 1. The molecule has 17 heavy (non-hydrogen) atoms. The highest BCUT2D eigenvalue weighted by Crippen LogP contribution is 2.21. The van der Waals surface area contributed by atoms with Gasteiger partial charge in [-0.25, -0.2) is 0 Å². The Morgan fingerprint density at radius 2 is 2.12 bits per heavy atom. The fourth-order valence-electron chi connectivity index (χ4n) is 1.31. The molecule has 5 heteroatoms. The van der Waals surface area contributed by atoms with Gasteiger partial charge in [0.25, 0.3) is 0 Å². The fraction of sp³-hybridized carbons (Fsp3) is 0.417. The van der Waals surface area contributed by atoms with Gasteiger partial charge in [0.15, 0.2) is 0 Å². The molecule has 0 aliphatic carbocycles. The number of carboxylic acids is 1. The third kappa shape index (κ3) is 3.86. The molecule has 0 aliphatic rings. The summed E-state index contributed by atoms with van der Waals surface area (Å²) in [7, 11) is 0. The van der Waals surface area contributed by atoms with Gasteiger partial charge in [0.2, 0.25) is 5.91 Å². The monoisotopic (exact) mass is 236 g/mol. The lowest BCUT2D eigenvalue weighted by molar-refractivity contribution is -0.148. The molecule has 1 aromatic rings. The lowest BCUT2D eigenvalue weighted by atomic mass is 9.89. The van der Waals surface area contributed by atoms with Crippen molar-refractivity contribution < 1.29 is 14.7 Å². The Kier molecular flexibility index (Phi) is 3.83. The molecule has 2 N–H and O–H groups in total. The normalized spacial score (nSPS) is 11.0. The van der Waals surface area contributed by atoms with E-state index in [0.717, 1.165) is 5.69 Å². The second kappa shape index (κ2) is 4.95. The minimum Gasteiger partial charge on any atom is -0.481 e. The van der Waals surface area contributed by atoms with Gasteiger partial charge in [0.05, 0.1) is 5.41 Å². The molecule has 0 radical (unpaired) electrons. The molecule has 1 amide bonds. The van der Waals surface area contributed by atoms with E-state index in [0.29, 0.717) is 5.69 Å². The highest BCUT2D eigenvalue weighted by Gasteiger charge is 2.30. The van der Waals surface area contributed by atoms with Crippen LogP contribution in [0.3, 0.4) is 0 Å². The number of hydrogen-bond donors (Lipinski definition) is 2. The van der Waals surface area contributed by atoms with E-state index in [-0.39, 0.29) is 12.3 Å². The summed E-state index contributed by atoms with van der Waals surface area (Å²) in [6.07, 6.45) is 1.52. The fourth-order valence-corrected chi connectivity index (χ4v) is 1.31. The van der Waals surface area contributed by atoms with Crippen LogP contribution in [0, 0.1) is 12.3 Å². The second-order valence-electron chi connectivity index (χ2n) is 4.60. The molecule has 92 valence electrons. The number of nitrogens with zero attached hydrogens (tertiary/aromatic N) is 1. The highest BCUT2D eigenvalue weighted by atomic mass is 16.4. The van der Waals surface area contributed by atoms with E-state index >= 15 is 0 Å². The third-order valence-electron chi connectivity index (χ3n) is 2.36. The third-order valence-corrected chi connectivity index (χ3v) is 2.36. The Hall–Kier alpha value is -1.91. The van der Waals surface area contributed by atoms with Gasteiger partial charge in [-0.15, -0.1) is 0 Å².